The molecule has 1 aromatic carbocycles. The average molecular weight is 287 g/mol. The Balaban J connectivity index is 1.96. The third kappa shape index (κ3) is 2.16. The fraction of sp³-hybridized carbons (Fsp3) is 0.286. The van der Waals surface area contributed by atoms with Gasteiger partial charge in [0.05, 0.1) is 6.42 Å². The van der Waals surface area contributed by atoms with Crippen molar-refractivity contribution in [2.45, 2.75) is 25.3 Å². The van der Waals surface area contributed by atoms with Crippen molar-refractivity contribution in [3.63, 3.8) is 0 Å². The Labute approximate surface area is 120 Å². The van der Waals surface area contributed by atoms with Crippen LogP contribution >= 0.6 is 0 Å². The van der Waals surface area contributed by atoms with E-state index in [1.54, 1.807) is 18.2 Å². The van der Waals surface area contributed by atoms with Gasteiger partial charge >= 0.3 is 0 Å². The van der Waals surface area contributed by atoms with Crippen molar-refractivity contribution in [2.75, 3.05) is 5.73 Å². The van der Waals surface area contributed by atoms with Crippen LogP contribution in [0.4, 0.5) is 5.69 Å². The van der Waals surface area contributed by atoms with E-state index >= 15 is 0 Å². The van der Waals surface area contributed by atoms with Crippen LogP contribution < -0.4 is 11.1 Å². The highest BCUT2D eigenvalue weighted by Crippen LogP contribution is 2.25. The summed E-state index contributed by atoms with van der Waals surface area (Å²) in [6.07, 6.45) is 0.290. The van der Waals surface area contributed by atoms with Crippen LogP contribution in [0, 0.1) is 0 Å². The van der Waals surface area contributed by atoms with E-state index in [1.807, 2.05) is 0 Å². The molecule has 0 radical (unpaired) electrons. The first-order valence-electron chi connectivity index (χ1n) is 6.56. The molecule has 1 unspecified atom stereocenters. The zero-order chi connectivity index (χ0) is 15.1. The third-order valence-electron chi connectivity index (χ3n) is 3.71. The van der Waals surface area contributed by atoms with Gasteiger partial charge in [-0.15, -0.1) is 0 Å². The van der Waals surface area contributed by atoms with Crippen LogP contribution in [0.2, 0.25) is 0 Å². The van der Waals surface area contributed by atoms with Crippen molar-refractivity contribution in [1.82, 2.24) is 10.2 Å². The Morgan fingerprint density at radius 3 is 2.67 bits per heavy atom. The van der Waals surface area contributed by atoms with Gasteiger partial charge in [-0.05, 0) is 30.2 Å². The highest BCUT2D eigenvalue weighted by atomic mass is 16.2. The van der Waals surface area contributed by atoms with E-state index in [0.29, 0.717) is 16.8 Å². The van der Waals surface area contributed by atoms with Crippen LogP contribution in [0.25, 0.3) is 0 Å². The Hall–Kier alpha value is -2.70. The zero-order valence-electron chi connectivity index (χ0n) is 11.1. The van der Waals surface area contributed by atoms with E-state index in [1.165, 1.54) is 0 Å². The smallest absolute Gasteiger partial charge is 0.261 e. The number of benzene rings is 1. The third-order valence-corrected chi connectivity index (χ3v) is 3.71. The molecule has 0 bridgehead atoms. The molecule has 108 valence electrons. The Kier molecular flexibility index (Phi) is 2.97. The number of amides is 4. The molecular formula is C14H13N3O4. The molecule has 0 saturated carbocycles. The topological polar surface area (TPSA) is 110 Å². The van der Waals surface area contributed by atoms with Gasteiger partial charge in [0.2, 0.25) is 17.7 Å². The number of carbonyl (C=O) groups excluding carboxylic acids is 4. The lowest BCUT2D eigenvalue weighted by Gasteiger charge is -2.34. The largest absolute Gasteiger partial charge is 0.399 e. The summed E-state index contributed by atoms with van der Waals surface area (Å²) in [5, 5.41) is 2.16. The van der Waals surface area contributed by atoms with Crippen LogP contribution in [0.1, 0.15) is 28.8 Å². The number of nitrogens with zero attached hydrogens (tertiary/aromatic N) is 1. The second kappa shape index (κ2) is 4.69. The molecule has 7 heteroatoms. The monoisotopic (exact) mass is 287 g/mol. The predicted octanol–water partition coefficient (Wildman–Crippen LogP) is -0.401. The fourth-order valence-corrected chi connectivity index (χ4v) is 2.70. The summed E-state index contributed by atoms with van der Waals surface area (Å²) in [7, 11) is 0. The molecule has 1 atom stereocenters. The van der Waals surface area contributed by atoms with Gasteiger partial charge in [-0.3, -0.25) is 29.4 Å². The maximum atomic E-state index is 12.5. The average Bonchev–Trinajstić information content (AvgIpc) is 2.40. The number of piperidine rings is 1. The molecule has 1 saturated heterocycles. The van der Waals surface area contributed by atoms with Gasteiger partial charge in [0, 0.05) is 17.7 Å². The van der Waals surface area contributed by atoms with E-state index in [0.717, 1.165) is 4.90 Å². The molecule has 2 aliphatic rings. The van der Waals surface area contributed by atoms with Gasteiger partial charge in [-0.1, -0.05) is 0 Å². The minimum absolute atomic E-state index is 0.0177. The van der Waals surface area contributed by atoms with Gasteiger partial charge in [0.15, 0.2) is 0 Å². The molecule has 0 spiro atoms. The van der Waals surface area contributed by atoms with E-state index in [9.17, 15) is 19.2 Å². The molecule has 7 nitrogen and oxygen atoms in total. The van der Waals surface area contributed by atoms with Crippen LogP contribution in [0.15, 0.2) is 18.2 Å². The summed E-state index contributed by atoms with van der Waals surface area (Å²) >= 11 is 0. The predicted molar refractivity (Wildman–Crippen MR) is 71.9 cm³/mol. The molecule has 3 N–H and O–H groups in total. The lowest BCUT2D eigenvalue weighted by atomic mass is 9.94. The number of carbonyl (C=O) groups is 4. The number of hydrogen-bond acceptors (Lipinski definition) is 5. The number of anilines is 1. The Bertz CT molecular complexity index is 683. The summed E-state index contributed by atoms with van der Waals surface area (Å²) in [6, 6.07) is 3.80. The number of nitrogens with two attached hydrogens (primary N) is 1. The molecule has 2 heterocycles. The van der Waals surface area contributed by atoms with E-state index in [4.69, 9.17) is 5.73 Å². The van der Waals surface area contributed by atoms with Crippen LogP contribution in [0.3, 0.4) is 0 Å². The van der Waals surface area contributed by atoms with Gasteiger partial charge in [-0.2, -0.15) is 0 Å². The summed E-state index contributed by atoms with van der Waals surface area (Å²) in [4.78, 5) is 48.7. The first-order valence-corrected chi connectivity index (χ1v) is 6.56. The highest BCUT2D eigenvalue weighted by Gasteiger charge is 2.41. The van der Waals surface area contributed by atoms with Crippen molar-refractivity contribution >= 4 is 29.3 Å². The fourth-order valence-electron chi connectivity index (χ4n) is 2.70. The quantitative estimate of drug-likeness (QED) is 0.539. The zero-order valence-corrected chi connectivity index (χ0v) is 11.1. The molecule has 4 amide bonds. The molecule has 3 rings (SSSR count). The molecule has 0 aromatic heterocycles. The minimum atomic E-state index is -0.923. The number of fused-ring (bicyclic) bond motifs is 1. The first kappa shape index (κ1) is 13.3. The number of nitrogen functional groups attached to an aromatic ring is 1. The van der Waals surface area contributed by atoms with E-state index in [2.05, 4.69) is 5.32 Å². The van der Waals surface area contributed by atoms with Crippen molar-refractivity contribution in [3.8, 4) is 0 Å². The van der Waals surface area contributed by atoms with Crippen molar-refractivity contribution < 1.29 is 19.2 Å². The molecule has 21 heavy (non-hydrogen) atoms. The molecule has 1 aromatic rings. The van der Waals surface area contributed by atoms with Crippen molar-refractivity contribution in [3.05, 3.63) is 29.3 Å². The number of rotatable bonds is 1. The molecule has 2 aliphatic heterocycles. The Morgan fingerprint density at radius 2 is 1.95 bits per heavy atom. The minimum Gasteiger partial charge on any atom is -0.399 e. The molecule has 0 aliphatic carbocycles. The normalized spacial score (nSPS) is 22.1. The summed E-state index contributed by atoms with van der Waals surface area (Å²) in [5.41, 5.74) is 7.06. The van der Waals surface area contributed by atoms with Gasteiger partial charge in [0.1, 0.15) is 6.04 Å². The maximum absolute atomic E-state index is 12.5. The number of hydrogen-bond donors (Lipinski definition) is 2. The lowest BCUT2D eigenvalue weighted by molar-refractivity contribution is -0.143. The summed E-state index contributed by atoms with van der Waals surface area (Å²) in [5.74, 6) is -1.96. The maximum Gasteiger partial charge on any atom is 0.261 e. The number of imide groups is 2. The van der Waals surface area contributed by atoms with Gasteiger partial charge < -0.3 is 5.73 Å². The van der Waals surface area contributed by atoms with E-state index in [-0.39, 0.29) is 25.2 Å². The van der Waals surface area contributed by atoms with Crippen molar-refractivity contribution in [1.29, 1.82) is 0 Å². The molecule has 1 fully saturated rings. The van der Waals surface area contributed by atoms with Crippen LogP contribution in [-0.2, 0) is 20.8 Å². The first-order chi connectivity index (χ1) is 9.97. The lowest BCUT2D eigenvalue weighted by Crippen LogP contribution is -2.57. The SMILES string of the molecule is Nc1ccc2c(c1)CC(=O)N(C1CCC(=O)NC1=O)C2=O. The molecular weight excluding hydrogens is 274 g/mol. The van der Waals surface area contributed by atoms with E-state index < -0.39 is 23.8 Å². The summed E-state index contributed by atoms with van der Waals surface area (Å²) in [6.45, 7) is 0. The van der Waals surface area contributed by atoms with Crippen LogP contribution in [0.5, 0.6) is 0 Å². The standard InChI is InChI=1S/C14H13N3O4/c15-8-1-2-9-7(5-8)6-12(19)17(14(9)21)10-3-4-11(18)16-13(10)20/h1-2,5,10H,3-4,6,15H2,(H,16,18,20). The van der Waals surface area contributed by atoms with Gasteiger partial charge in [-0.25, -0.2) is 0 Å². The van der Waals surface area contributed by atoms with Crippen LogP contribution in [-0.4, -0.2) is 34.6 Å². The highest BCUT2D eigenvalue weighted by molar-refractivity contribution is 6.13. The second-order valence-electron chi connectivity index (χ2n) is 5.13. The Morgan fingerprint density at radius 1 is 1.19 bits per heavy atom. The van der Waals surface area contributed by atoms with Gasteiger partial charge in [0.25, 0.3) is 5.91 Å². The second-order valence-corrected chi connectivity index (χ2v) is 5.13. The number of nitrogens with one attached hydrogen (secondary N) is 1. The summed E-state index contributed by atoms with van der Waals surface area (Å²) < 4.78 is 0. The van der Waals surface area contributed by atoms with Crippen molar-refractivity contribution in [2.24, 2.45) is 0 Å².